The Balaban J connectivity index is 1.74. The number of rotatable bonds is 5. The van der Waals surface area contributed by atoms with E-state index < -0.39 is 0 Å². The molecular weight excluding hydrogens is 254 g/mol. The maximum Gasteiger partial charge on any atom is 0.224 e. The lowest BCUT2D eigenvalue weighted by Gasteiger charge is -2.05. The first-order valence-corrected chi connectivity index (χ1v) is 6.77. The Bertz CT molecular complexity index is 522. The lowest BCUT2D eigenvalue weighted by atomic mass is 10.1. The highest BCUT2D eigenvalue weighted by Crippen LogP contribution is 2.08. The highest BCUT2D eigenvalue weighted by Gasteiger charge is 2.02. The number of benzene rings is 2. The SMILES string of the molecule is O=C(Cc1ccc(S)cc1)NCCc1ccccc1. The zero-order chi connectivity index (χ0) is 13.5. The van der Waals surface area contributed by atoms with Gasteiger partial charge >= 0.3 is 0 Å². The van der Waals surface area contributed by atoms with Gasteiger partial charge in [-0.05, 0) is 29.7 Å². The van der Waals surface area contributed by atoms with Crippen LogP contribution in [0.1, 0.15) is 11.1 Å². The molecule has 0 heterocycles. The van der Waals surface area contributed by atoms with Gasteiger partial charge in [0.25, 0.3) is 0 Å². The van der Waals surface area contributed by atoms with Crippen molar-refractivity contribution in [2.75, 3.05) is 6.54 Å². The van der Waals surface area contributed by atoms with Gasteiger partial charge in [0.05, 0.1) is 6.42 Å². The van der Waals surface area contributed by atoms with Crippen LogP contribution in [0.15, 0.2) is 59.5 Å². The van der Waals surface area contributed by atoms with Gasteiger partial charge in [-0.1, -0.05) is 42.5 Å². The van der Waals surface area contributed by atoms with Crippen molar-refractivity contribution < 1.29 is 4.79 Å². The van der Waals surface area contributed by atoms with Crippen molar-refractivity contribution in [3.63, 3.8) is 0 Å². The molecule has 0 aromatic heterocycles. The average Bonchev–Trinajstić information content (AvgIpc) is 2.43. The summed E-state index contributed by atoms with van der Waals surface area (Å²) in [5.41, 5.74) is 2.25. The van der Waals surface area contributed by atoms with Crippen LogP contribution in [0, 0.1) is 0 Å². The predicted octanol–water partition coefficient (Wildman–Crippen LogP) is 2.88. The number of hydrogen-bond acceptors (Lipinski definition) is 2. The summed E-state index contributed by atoms with van der Waals surface area (Å²) in [7, 11) is 0. The van der Waals surface area contributed by atoms with Gasteiger partial charge in [0.2, 0.25) is 5.91 Å². The second-order valence-corrected chi connectivity index (χ2v) is 4.95. The number of thiol groups is 1. The molecule has 0 spiro atoms. The molecule has 98 valence electrons. The van der Waals surface area contributed by atoms with Crippen LogP contribution in [0.5, 0.6) is 0 Å². The highest BCUT2D eigenvalue weighted by molar-refractivity contribution is 7.80. The summed E-state index contributed by atoms with van der Waals surface area (Å²) in [6, 6.07) is 17.8. The monoisotopic (exact) mass is 271 g/mol. The molecule has 2 aromatic carbocycles. The Hall–Kier alpha value is -1.74. The molecule has 0 radical (unpaired) electrons. The van der Waals surface area contributed by atoms with Gasteiger partial charge in [0.1, 0.15) is 0 Å². The first kappa shape index (κ1) is 13.7. The third kappa shape index (κ3) is 4.79. The molecule has 0 aliphatic heterocycles. The largest absolute Gasteiger partial charge is 0.355 e. The predicted molar refractivity (Wildman–Crippen MR) is 80.6 cm³/mol. The third-order valence-electron chi connectivity index (χ3n) is 2.88. The van der Waals surface area contributed by atoms with E-state index in [0.29, 0.717) is 13.0 Å². The van der Waals surface area contributed by atoms with Gasteiger partial charge in [-0.3, -0.25) is 4.79 Å². The van der Waals surface area contributed by atoms with Gasteiger partial charge in [0, 0.05) is 11.4 Å². The number of nitrogens with one attached hydrogen (secondary N) is 1. The summed E-state index contributed by atoms with van der Waals surface area (Å²) in [5, 5.41) is 2.94. The van der Waals surface area contributed by atoms with Crippen LogP contribution < -0.4 is 5.32 Å². The lowest BCUT2D eigenvalue weighted by Crippen LogP contribution is -2.27. The van der Waals surface area contributed by atoms with Crippen molar-refractivity contribution in [3.8, 4) is 0 Å². The van der Waals surface area contributed by atoms with E-state index >= 15 is 0 Å². The summed E-state index contributed by atoms with van der Waals surface area (Å²) in [4.78, 5) is 12.7. The molecule has 0 aliphatic carbocycles. The van der Waals surface area contributed by atoms with E-state index in [1.807, 2.05) is 42.5 Å². The Labute approximate surface area is 119 Å². The zero-order valence-electron chi connectivity index (χ0n) is 10.7. The van der Waals surface area contributed by atoms with Crippen molar-refractivity contribution >= 4 is 18.5 Å². The minimum absolute atomic E-state index is 0.0582. The normalized spacial score (nSPS) is 10.2. The van der Waals surface area contributed by atoms with Crippen LogP contribution in [0.2, 0.25) is 0 Å². The van der Waals surface area contributed by atoms with Crippen LogP contribution in [-0.2, 0) is 17.6 Å². The van der Waals surface area contributed by atoms with Crippen LogP contribution in [0.4, 0.5) is 0 Å². The van der Waals surface area contributed by atoms with E-state index in [0.717, 1.165) is 16.9 Å². The second kappa shape index (κ2) is 7.00. The molecule has 0 bridgehead atoms. The van der Waals surface area contributed by atoms with E-state index in [1.54, 1.807) is 0 Å². The van der Waals surface area contributed by atoms with Gasteiger partial charge in [-0.2, -0.15) is 0 Å². The Morgan fingerprint density at radius 1 is 0.947 bits per heavy atom. The smallest absolute Gasteiger partial charge is 0.224 e. The second-order valence-electron chi connectivity index (χ2n) is 4.43. The molecule has 19 heavy (non-hydrogen) atoms. The maximum absolute atomic E-state index is 11.8. The molecule has 2 nitrogen and oxygen atoms in total. The number of hydrogen-bond donors (Lipinski definition) is 2. The van der Waals surface area contributed by atoms with Crippen molar-refractivity contribution in [1.82, 2.24) is 5.32 Å². The molecule has 0 saturated carbocycles. The molecule has 0 aliphatic rings. The first-order valence-electron chi connectivity index (χ1n) is 6.32. The maximum atomic E-state index is 11.8. The molecule has 0 saturated heterocycles. The summed E-state index contributed by atoms with van der Waals surface area (Å²) in [6.07, 6.45) is 1.28. The van der Waals surface area contributed by atoms with Gasteiger partial charge in [-0.25, -0.2) is 0 Å². The van der Waals surface area contributed by atoms with Crippen molar-refractivity contribution in [1.29, 1.82) is 0 Å². The molecule has 0 fully saturated rings. The molecule has 2 rings (SSSR count). The summed E-state index contributed by atoms with van der Waals surface area (Å²) in [5.74, 6) is 0.0582. The van der Waals surface area contributed by atoms with E-state index in [1.165, 1.54) is 5.56 Å². The number of carbonyl (C=O) groups excluding carboxylic acids is 1. The highest BCUT2D eigenvalue weighted by atomic mass is 32.1. The summed E-state index contributed by atoms with van der Waals surface area (Å²) < 4.78 is 0. The van der Waals surface area contributed by atoms with Crippen molar-refractivity contribution in [2.45, 2.75) is 17.7 Å². The zero-order valence-corrected chi connectivity index (χ0v) is 11.6. The fourth-order valence-corrected chi connectivity index (χ4v) is 2.00. The number of carbonyl (C=O) groups is 1. The van der Waals surface area contributed by atoms with E-state index in [2.05, 4.69) is 30.1 Å². The summed E-state index contributed by atoms with van der Waals surface area (Å²) in [6.45, 7) is 0.674. The Morgan fingerprint density at radius 2 is 1.63 bits per heavy atom. The van der Waals surface area contributed by atoms with Crippen molar-refractivity contribution in [3.05, 3.63) is 65.7 Å². The molecular formula is C16H17NOS. The first-order chi connectivity index (χ1) is 9.24. The Kier molecular flexibility index (Phi) is 5.04. The molecule has 0 unspecified atom stereocenters. The van der Waals surface area contributed by atoms with Crippen LogP contribution in [-0.4, -0.2) is 12.5 Å². The average molecular weight is 271 g/mol. The van der Waals surface area contributed by atoms with Gasteiger partial charge < -0.3 is 5.32 Å². The minimum atomic E-state index is 0.0582. The molecule has 2 aromatic rings. The topological polar surface area (TPSA) is 29.1 Å². The Morgan fingerprint density at radius 3 is 2.32 bits per heavy atom. The third-order valence-corrected chi connectivity index (χ3v) is 3.18. The van der Waals surface area contributed by atoms with Crippen LogP contribution >= 0.6 is 12.6 Å². The standard InChI is InChI=1S/C16H17NOS/c18-16(12-14-6-8-15(19)9-7-14)17-11-10-13-4-2-1-3-5-13/h1-9,19H,10-12H2,(H,17,18). The van der Waals surface area contributed by atoms with Crippen LogP contribution in [0.25, 0.3) is 0 Å². The molecule has 1 N–H and O–H groups in total. The van der Waals surface area contributed by atoms with Gasteiger partial charge in [0.15, 0.2) is 0 Å². The van der Waals surface area contributed by atoms with E-state index in [-0.39, 0.29) is 5.91 Å². The minimum Gasteiger partial charge on any atom is -0.355 e. The molecule has 3 heteroatoms. The fraction of sp³-hybridized carbons (Fsp3) is 0.188. The van der Waals surface area contributed by atoms with Crippen LogP contribution in [0.3, 0.4) is 0 Å². The quantitative estimate of drug-likeness (QED) is 0.805. The van der Waals surface area contributed by atoms with E-state index in [4.69, 9.17) is 0 Å². The molecule has 0 atom stereocenters. The van der Waals surface area contributed by atoms with Crippen molar-refractivity contribution in [2.24, 2.45) is 0 Å². The van der Waals surface area contributed by atoms with Gasteiger partial charge in [-0.15, -0.1) is 12.6 Å². The van der Waals surface area contributed by atoms with E-state index in [9.17, 15) is 4.79 Å². The summed E-state index contributed by atoms with van der Waals surface area (Å²) >= 11 is 4.22. The fourth-order valence-electron chi connectivity index (χ4n) is 1.85. The lowest BCUT2D eigenvalue weighted by molar-refractivity contribution is -0.120. The molecule has 1 amide bonds. The number of amides is 1.